The van der Waals surface area contributed by atoms with E-state index < -0.39 is 5.76 Å². The van der Waals surface area contributed by atoms with Gasteiger partial charge in [-0.2, -0.15) is 23.7 Å². The molecular weight excluding hydrogens is 284 g/mol. The van der Waals surface area contributed by atoms with Crippen LogP contribution in [0.25, 0.3) is 11.4 Å². The fourth-order valence-electron chi connectivity index (χ4n) is 1.50. The van der Waals surface area contributed by atoms with Gasteiger partial charge in [0, 0.05) is 24.6 Å². The molecule has 1 heterocycles. The second-order valence-corrected chi connectivity index (χ2v) is 5.18. The summed E-state index contributed by atoms with van der Waals surface area (Å²) in [4.78, 5) is 14.5. The lowest BCUT2D eigenvalue weighted by Gasteiger charge is -2.11. The van der Waals surface area contributed by atoms with Crippen LogP contribution in [0.2, 0.25) is 0 Å². The quantitative estimate of drug-likeness (QED) is 0.875. The highest BCUT2D eigenvalue weighted by atomic mass is 32.2. The third-order valence-electron chi connectivity index (χ3n) is 2.38. The highest BCUT2D eigenvalue weighted by Gasteiger charge is 2.09. The summed E-state index contributed by atoms with van der Waals surface area (Å²) in [6, 6.07) is 6.56. The third kappa shape index (κ3) is 3.53. The fourth-order valence-corrected chi connectivity index (χ4v) is 1.99. The molecule has 0 radical (unpaired) electrons. The first-order chi connectivity index (χ1) is 9.45. The Hall–Kier alpha value is -1.96. The lowest BCUT2D eigenvalue weighted by atomic mass is 10.2. The van der Waals surface area contributed by atoms with Crippen molar-refractivity contribution in [2.24, 2.45) is 0 Å². The fraction of sp³-hybridized carbons (Fsp3) is 0.250. The van der Waals surface area contributed by atoms with Gasteiger partial charge in [0.25, 0.3) is 5.76 Å². The molecular formula is C12H13F2N5S. The summed E-state index contributed by atoms with van der Waals surface area (Å²) < 4.78 is 24.5. The van der Waals surface area contributed by atoms with Crippen molar-refractivity contribution < 1.29 is 8.78 Å². The van der Waals surface area contributed by atoms with Crippen molar-refractivity contribution in [1.29, 1.82) is 0 Å². The molecule has 0 atom stereocenters. The number of hydrogen-bond donors (Lipinski definition) is 1. The molecule has 0 fully saturated rings. The summed E-state index contributed by atoms with van der Waals surface area (Å²) in [5, 5.41) is 0. The molecule has 0 amide bonds. The Labute approximate surface area is 119 Å². The van der Waals surface area contributed by atoms with Crippen molar-refractivity contribution in [2.45, 2.75) is 10.7 Å². The lowest BCUT2D eigenvalue weighted by Crippen LogP contribution is -2.15. The summed E-state index contributed by atoms with van der Waals surface area (Å²) >= 11 is 0.494. The number of alkyl halides is 2. The van der Waals surface area contributed by atoms with Gasteiger partial charge in [-0.15, -0.1) is 0 Å². The number of nitrogens with zero attached hydrogens (tertiary/aromatic N) is 4. The number of nitrogen functional groups attached to an aromatic ring is 1. The normalized spacial score (nSPS) is 10.8. The van der Waals surface area contributed by atoms with E-state index in [1.54, 1.807) is 43.3 Å². The number of benzene rings is 1. The molecule has 1 aromatic carbocycles. The van der Waals surface area contributed by atoms with Crippen LogP contribution in [0.15, 0.2) is 29.2 Å². The van der Waals surface area contributed by atoms with Gasteiger partial charge in [-0.25, -0.2) is 0 Å². The maximum absolute atomic E-state index is 12.2. The van der Waals surface area contributed by atoms with Crippen LogP contribution in [0.4, 0.5) is 20.7 Å². The number of aromatic nitrogens is 3. The van der Waals surface area contributed by atoms with Crippen molar-refractivity contribution in [3.8, 4) is 11.4 Å². The molecule has 0 saturated heterocycles. The minimum Gasteiger partial charge on any atom is -0.368 e. The molecule has 1 aromatic heterocycles. The SMILES string of the molecule is CN(C)c1nc(N)nc(-c2ccc(SC(F)F)cc2)n1. The average Bonchev–Trinajstić information content (AvgIpc) is 2.38. The van der Waals surface area contributed by atoms with Crippen LogP contribution in [-0.2, 0) is 0 Å². The third-order valence-corrected chi connectivity index (χ3v) is 3.10. The maximum atomic E-state index is 12.2. The molecule has 0 aliphatic carbocycles. The first-order valence-electron chi connectivity index (χ1n) is 5.70. The number of hydrogen-bond acceptors (Lipinski definition) is 6. The first-order valence-corrected chi connectivity index (χ1v) is 6.58. The standard InChI is InChI=1S/C12H13F2N5S/c1-19(2)12-17-9(16-11(15)18-12)7-3-5-8(6-4-7)20-10(13)14/h3-6,10H,1-2H3,(H2,15,16,17,18). The summed E-state index contributed by atoms with van der Waals surface area (Å²) in [6.45, 7) is 0. The molecule has 0 unspecified atom stereocenters. The van der Waals surface area contributed by atoms with Gasteiger partial charge in [0.15, 0.2) is 5.82 Å². The summed E-state index contributed by atoms with van der Waals surface area (Å²) in [5.74, 6) is -1.47. The van der Waals surface area contributed by atoms with E-state index in [9.17, 15) is 8.78 Å². The Morgan fingerprint density at radius 1 is 1.10 bits per heavy atom. The molecule has 0 aliphatic rings. The highest BCUT2D eigenvalue weighted by Crippen LogP contribution is 2.27. The van der Waals surface area contributed by atoms with Crippen LogP contribution >= 0.6 is 11.8 Å². The van der Waals surface area contributed by atoms with Crippen LogP contribution < -0.4 is 10.6 Å². The van der Waals surface area contributed by atoms with Crippen LogP contribution in [0, 0.1) is 0 Å². The van der Waals surface area contributed by atoms with E-state index in [1.807, 2.05) is 0 Å². The van der Waals surface area contributed by atoms with Crippen LogP contribution in [0.5, 0.6) is 0 Å². The minimum atomic E-state index is -2.44. The van der Waals surface area contributed by atoms with E-state index in [4.69, 9.17) is 5.73 Å². The highest BCUT2D eigenvalue weighted by molar-refractivity contribution is 7.99. The number of halogens is 2. The molecule has 2 aromatic rings. The predicted molar refractivity (Wildman–Crippen MR) is 75.9 cm³/mol. The Balaban J connectivity index is 2.31. The summed E-state index contributed by atoms with van der Waals surface area (Å²) in [6.07, 6.45) is 0. The van der Waals surface area contributed by atoms with Gasteiger partial charge in [-0.1, -0.05) is 23.9 Å². The molecule has 0 bridgehead atoms. The topological polar surface area (TPSA) is 67.9 Å². The molecule has 2 rings (SSSR count). The van der Waals surface area contributed by atoms with Gasteiger partial charge in [0.05, 0.1) is 0 Å². The number of thioether (sulfide) groups is 1. The van der Waals surface area contributed by atoms with E-state index in [-0.39, 0.29) is 5.95 Å². The van der Waals surface area contributed by atoms with Gasteiger partial charge >= 0.3 is 0 Å². The Kier molecular flexibility index (Phi) is 4.33. The van der Waals surface area contributed by atoms with Crippen molar-refractivity contribution in [3.05, 3.63) is 24.3 Å². The number of nitrogens with two attached hydrogens (primary N) is 1. The van der Waals surface area contributed by atoms with Gasteiger partial charge in [-0.3, -0.25) is 0 Å². The molecule has 0 spiro atoms. The summed E-state index contributed by atoms with van der Waals surface area (Å²) in [7, 11) is 3.59. The molecule has 8 heteroatoms. The summed E-state index contributed by atoms with van der Waals surface area (Å²) in [5.41, 5.74) is 6.33. The van der Waals surface area contributed by atoms with Crippen molar-refractivity contribution in [3.63, 3.8) is 0 Å². The van der Waals surface area contributed by atoms with Gasteiger partial charge < -0.3 is 10.6 Å². The van der Waals surface area contributed by atoms with Gasteiger partial charge in [-0.05, 0) is 12.1 Å². The predicted octanol–water partition coefficient (Wildman–Crippen LogP) is 2.50. The van der Waals surface area contributed by atoms with Crippen LogP contribution in [0.1, 0.15) is 0 Å². The minimum absolute atomic E-state index is 0.115. The van der Waals surface area contributed by atoms with E-state index in [2.05, 4.69) is 15.0 Å². The number of anilines is 2. The Morgan fingerprint density at radius 2 is 1.75 bits per heavy atom. The van der Waals surface area contributed by atoms with E-state index >= 15 is 0 Å². The van der Waals surface area contributed by atoms with E-state index in [1.165, 1.54) is 0 Å². The van der Waals surface area contributed by atoms with Crippen LogP contribution in [-0.4, -0.2) is 34.8 Å². The molecule has 2 N–H and O–H groups in total. The zero-order valence-electron chi connectivity index (χ0n) is 10.9. The second kappa shape index (κ2) is 6.00. The monoisotopic (exact) mass is 297 g/mol. The molecule has 5 nitrogen and oxygen atoms in total. The Bertz CT molecular complexity index is 589. The van der Waals surface area contributed by atoms with Crippen LogP contribution in [0.3, 0.4) is 0 Å². The zero-order chi connectivity index (χ0) is 14.7. The number of rotatable bonds is 4. The largest absolute Gasteiger partial charge is 0.368 e. The van der Waals surface area contributed by atoms with Gasteiger partial charge in [0.2, 0.25) is 11.9 Å². The molecule has 0 aliphatic heterocycles. The van der Waals surface area contributed by atoms with Gasteiger partial charge in [0.1, 0.15) is 0 Å². The molecule has 20 heavy (non-hydrogen) atoms. The van der Waals surface area contributed by atoms with E-state index in [0.29, 0.717) is 34.0 Å². The first kappa shape index (κ1) is 14.4. The maximum Gasteiger partial charge on any atom is 0.288 e. The average molecular weight is 297 g/mol. The molecule has 106 valence electrons. The van der Waals surface area contributed by atoms with E-state index in [0.717, 1.165) is 0 Å². The molecule has 0 saturated carbocycles. The zero-order valence-corrected chi connectivity index (χ0v) is 11.7. The lowest BCUT2D eigenvalue weighted by molar-refractivity contribution is 0.252. The smallest absolute Gasteiger partial charge is 0.288 e. The second-order valence-electron chi connectivity index (χ2n) is 4.11. The Morgan fingerprint density at radius 3 is 2.30 bits per heavy atom. The van der Waals surface area contributed by atoms with Crippen molar-refractivity contribution in [2.75, 3.05) is 24.7 Å². The van der Waals surface area contributed by atoms with Crippen molar-refractivity contribution >= 4 is 23.7 Å². The van der Waals surface area contributed by atoms with Crippen molar-refractivity contribution in [1.82, 2.24) is 15.0 Å².